The molecule has 2 amide bonds. The van der Waals surface area contributed by atoms with Gasteiger partial charge in [-0.25, -0.2) is 0 Å². The molecule has 8 heteroatoms. The van der Waals surface area contributed by atoms with E-state index < -0.39 is 0 Å². The molecule has 1 aliphatic carbocycles. The van der Waals surface area contributed by atoms with E-state index in [0.717, 1.165) is 53.6 Å². The van der Waals surface area contributed by atoms with Crippen LogP contribution in [0.3, 0.4) is 0 Å². The summed E-state index contributed by atoms with van der Waals surface area (Å²) in [7, 11) is 0. The Morgan fingerprint density at radius 2 is 1.73 bits per heavy atom. The molecule has 2 aromatic carbocycles. The minimum Gasteiger partial charge on any atom is -0.352 e. The van der Waals surface area contributed by atoms with Crippen LogP contribution in [0, 0.1) is 20.8 Å². The van der Waals surface area contributed by atoms with Gasteiger partial charge in [-0.15, -0.1) is 10.2 Å². The number of carbonyl (C=O) groups is 2. The summed E-state index contributed by atoms with van der Waals surface area (Å²) in [5, 5.41) is 15.6. The van der Waals surface area contributed by atoms with E-state index in [1.807, 2.05) is 63.2 Å². The van der Waals surface area contributed by atoms with Gasteiger partial charge < -0.3 is 10.2 Å². The largest absolute Gasteiger partial charge is 0.352 e. The lowest BCUT2D eigenvalue weighted by Crippen LogP contribution is -2.45. The van der Waals surface area contributed by atoms with Gasteiger partial charge in [0.1, 0.15) is 13.1 Å². The van der Waals surface area contributed by atoms with Gasteiger partial charge >= 0.3 is 0 Å². The molecule has 4 rings (SSSR count). The van der Waals surface area contributed by atoms with Crippen molar-refractivity contribution in [3.8, 4) is 11.4 Å². The zero-order chi connectivity index (χ0) is 23.4. The molecule has 0 atom stereocenters. The Bertz CT molecular complexity index is 1130. The summed E-state index contributed by atoms with van der Waals surface area (Å²) in [6, 6.07) is 13.9. The summed E-state index contributed by atoms with van der Waals surface area (Å²) >= 11 is 0. The number of carbonyl (C=O) groups excluding carboxylic acids is 2. The minimum absolute atomic E-state index is 0.0425. The van der Waals surface area contributed by atoms with E-state index in [1.54, 1.807) is 0 Å². The summed E-state index contributed by atoms with van der Waals surface area (Å²) in [5.41, 5.74) is 4.64. The molecule has 1 N–H and O–H groups in total. The van der Waals surface area contributed by atoms with Crippen LogP contribution in [-0.4, -0.2) is 44.6 Å². The molecule has 0 saturated heterocycles. The quantitative estimate of drug-likeness (QED) is 0.601. The highest BCUT2D eigenvalue weighted by Gasteiger charge is 2.24. The van der Waals surface area contributed by atoms with Gasteiger partial charge in [0.25, 0.3) is 5.91 Å². The van der Waals surface area contributed by atoms with Crippen molar-refractivity contribution in [1.82, 2.24) is 25.5 Å². The third-order valence-electron chi connectivity index (χ3n) is 6.02. The first-order valence-electron chi connectivity index (χ1n) is 11.4. The first-order valence-corrected chi connectivity index (χ1v) is 11.4. The Morgan fingerprint density at radius 1 is 1.03 bits per heavy atom. The molecular weight excluding hydrogens is 416 g/mol. The lowest BCUT2D eigenvalue weighted by molar-refractivity contribution is -0.124. The monoisotopic (exact) mass is 446 g/mol. The van der Waals surface area contributed by atoms with Gasteiger partial charge in [-0.05, 0) is 56.0 Å². The maximum absolute atomic E-state index is 13.4. The highest BCUT2D eigenvalue weighted by molar-refractivity contribution is 5.99. The predicted molar refractivity (Wildman–Crippen MR) is 127 cm³/mol. The van der Waals surface area contributed by atoms with E-state index in [1.165, 1.54) is 9.70 Å². The third kappa shape index (κ3) is 5.63. The number of anilines is 1. The SMILES string of the molecule is Cc1ccc(-c2nnn(CC(=O)N(CC(=O)NC3CCCC3)c3cc(C)ccc3C)n2)cc1. The van der Waals surface area contributed by atoms with Crippen molar-refractivity contribution < 1.29 is 9.59 Å². The summed E-state index contributed by atoms with van der Waals surface area (Å²) in [4.78, 5) is 29.0. The number of amides is 2. The first-order chi connectivity index (χ1) is 15.9. The number of aromatic nitrogens is 4. The standard InChI is InChI=1S/C25H30N6O2/c1-17-9-12-20(13-10-17)25-27-29-31(28-25)16-24(33)30(22-14-18(2)8-11-19(22)3)15-23(32)26-21-6-4-5-7-21/h8-14,21H,4-7,15-16H2,1-3H3,(H,26,32). The molecule has 33 heavy (non-hydrogen) atoms. The average Bonchev–Trinajstić information content (AvgIpc) is 3.47. The number of tetrazole rings is 1. The fraction of sp³-hybridized carbons (Fsp3) is 0.400. The first kappa shape index (κ1) is 22.6. The molecule has 1 aromatic heterocycles. The molecule has 0 bridgehead atoms. The van der Waals surface area contributed by atoms with Crippen LogP contribution in [0.25, 0.3) is 11.4 Å². The highest BCUT2D eigenvalue weighted by Crippen LogP contribution is 2.23. The minimum atomic E-state index is -0.266. The molecule has 1 fully saturated rings. The van der Waals surface area contributed by atoms with Crippen molar-refractivity contribution in [1.29, 1.82) is 0 Å². The van der Waals surface area contributed by atoms with Crippen LogP contribution >= 0.6 is 0 Å². The lowest BCUT2D eigenvalue weighted by Gasteiger charge is -2.25. The van der Waals surface area contributed by atoms with Crippen LogP contribution in [0.15, 0.2) is 42.5 Å². The summed E-state index contributed by atoms with van der Waals surface area (Å²) in [6.07, 6.45) is 4.25. The second-order valence-electron chi connectivity index (χ2n) is 8.83. The second kappa shape index (κ2) is 9.94. The zero-order valence-electron chi connectivity index (χ0n) is 19.4. The van der Waals surface area contributed by atoms with Gasteiger partial charge in [-0.2, -0.15) is 4.80 Å². The number of hydrogen-bond donors (Lipinski definition) is 1. The predicted octanol–water partition coefficient (Wildman–Crippen LogP) is 3.36. The van der Waals surface area contributed by atoms with Crippen LogP contribution in [-0.2, 0) is 16.1 Å². The van der Waals surface area contributed by atoms with Crippen molar-refractivity contribution in [3.63, 3.8) is 0 Å². The molecule has 1 aliphatic rings. The van der Waals surface area contributed by atoms with Crippen molar-refractivity contribution in [2.24, 2.45) is 0 Å². The maximum Gasteiger partial charge on any atom is 0.251 e. The normalized spacial score (nSPS) is 13.8. The Balaban J connectivity index is 1.53. The van der Waals surface area contributed by atoms with Crippen LogP contribution < -0.4 is 10.2 Å². The summed E-state index contributed by atoms with van der Waals surface area (Å²) < 4.78 is 0. The van der Waals surface area contributed by atoms with E-state index in [4.69, 9.17) is 0 Å². The zero-order valence-corrected chi connectivity index (χ0v) is 19.4. The topological polar surface area (TPSA) is 93.0 Å². The Morgan fingerprint density at radius 3 is 2.45 bits per heavy atom. The van der Waals surface area contributed by atoms with Gasteiger partial charge in [0.15, 0.2) is 0 Å². The number of rotatable bonds is 7. The second-order valence-corrected chi connectivity index (χ2v) is 8.83. The highest BCUT2D eigenvalue weighted by atomic mass is 16.2. The average molecular weight is 447 g/mol. The van der Waals surface area contributed by atoms with Crippen molar-refractivity contribution in [2.45, 2.75) is 59.0 Å². The fourth-order valence-corrected chi connectivity index (χ4v) is 4.14. The summed E-state index contributed by atoms with van der Waals surface area (Å²) in [6.45, 7) is 5.77. The number of hydrogen-bond acceptors (Lipinski definition) is 5. The Hall–Kier alpha value is -3.55. The fourth-order valence-electron chi connectivity index (χ4n) is 4.14. The maximum atomic E-state index is 13.4. The Labute approximate surface area is 194 Å². The molecule has 3 aromatic rings. The van der Waals surface area contributed by atoms with E-state index in [2.05, 4.69) is 20.7 Å². The molecular formula is C25H30N6O2. The molecule has 0 unspecified atom stereocenters. The lowest BCUT2D eigenvalue weighted by atomic mass is 10.1. The molecule has 0 aliphatic heterocycles. The van der Waals surface area contributed by atoms with Crippen LogP contribution in [0.5, 0.6) is 0 Å². The third-order valence-corrected chi connectivity index (χ3v) is 6.02. The summed E-state index contributed by atoms with van der Waals surface area (Å²) in [5.74, 6) is 0.0428. The molecule has 8 nitrogen and oxygen atoms in total. The van der Waals surface area contributed by atoms with E-state index in [9.17, 15) is 9.59 Å². The van der Waals surface area contributed by atoms with E-state index in [-0.39, 0.29) is 30.9 Å². The molecule has 172 valence electrons. The van der Waals surface area contributed by atoms with Crippen LogP contribution in [0.4, 0.5) is 5.69 Å². The number of nitrogens with zero attached hydrogens (tertiary/aromatic N) is 5. The van der Waals surface area contributed by atoms with Crippen LogP contribution in [0.2, 0.25) is 0 Å². The molecule has 0 radical (unpaired) electrons. The molecule has 1 heterocycles. The molecule has 1 saturated carbocycles. The Kier molecular flexibility index (Phi) is 6.82. The van der Waals surface area contributed by atoms with Crippen molar-refractivity contribution >= 4 is 17.5 Å². The van der Waals surface area contributed by atoms with Gasteiger partial charge in [0.05, 0.1) is 0 Å². The van der Waals surface area contributed by atoms with Crippen molar-refractivity contribution in [3.05, 3.63) is 59.2 Å². The van der Waals surface area contributed by atoms with Gasteiger partial charge in [-0.3, -0.25) is 9.59 Å². The van der Waals surface area contributed by atoms with Crippen molar-refractivity contribution in [2.75, 3.05) is 11.4 Å². The molecule has 0 spiro atoms. The van der Waals surface area contributed by atoms with Gasteiger partial charge in [-0.1, -0.05) is 54.8 Å². The number of benzene rings is 2. The van der Waals surface area contributed by atoms with E-state index in [0.29, 0.717) is 5.82 Å². The van der Waals surface area contributed by atoms with Crippen LogP contribution in [0.1, 0.15) is 42.4 Å². The number of aryl methyl sites for hydroxylation is 3. The smallest absolute Gasteiger partial charge is 0.251 e. The van der Waals surface area contributed by atoms with Gasteiger partial charge in [0, 0.05) is 17.3 Å². The number of nitrogens with one attached hydrogen (secondary N) is 1. The van der Waals surface area contributed by atoms with E-state index >= 15 is 0 Å². The van der Waals surface area contributed by atoms with Gasteiger partial charge in [0.2, 0.25) is 11.7 Å².